The molecule has 122 valence electrons. The van der Waals surface area contributed by atoms with E-state index >= 15 is 0 Å². The number of carbonyl (C=O) groups is 1. The average molecular weight is 305 g/mol. The van der Waals surface area contributed by atoms with Crippen molar-refractivity contribution in [3.8, 4) is 0 Å². The van der Waals surface area contributed by atoms with Crippen LogP contribution >= 0.6 is 0 Å². The quantitative estimate of drug-likeness (QED) is 0.852. The van der Waals surface area contributed by atoms with Crippen molar-refractivity contribution in [1.29, 1.82) is 0 Å². The Balaban J connectivity index is 2.29. The maximum Gasteiger partial charge on any atom is 0.245 e. The number of amides is 1. The van der Waals surface area contributed by atoms with Gasteiger partial charge in [0.2, 0.25) is 5.91 Å². The van der Waals surface area contributed by atoms with Gasteiger partial charge >= 0.3 is 0 Å². The summed E-state index contributed by atoms with van der Waals surface area (Å²) in [7, 11) is 1.88. The molecule has 0 aromatic carbocycles. The first-order chi connectivity index (χ1) is 10.6. The van der Waals surface area contributed by atoms with Gasteiger partial charge in [0.1, 0.15) is 17.7 Å². The maximum atomic E-state index is 12.5. The van der Waals surface area contributed by atoms with E-state index in [0.717, 1.165) is 56.1 Å². The zero-order chi connectivity index (χ0) is 16.1. The van der Waals surface area contributed by atoms with Crippen molar-refractivity contribution in [2.45, 2.75) is 45.6 Å². The third-order valence-corrected chi connectivity index (χ3v) is 4.12. The molecule has 0 radical (unpaired) electrons. The molecule has 1 atom stereocenters. The molecule has 0 bridgehead atoms. The minimum Gasteiger partial charge on any atom is -0.343 e. The smallest absolute Gasteiger partial charge is 0.245 e. The molecule has 1 aromatic heterocycles. The topological polar surface area (TPSA) is 75.4 Å². The largest absolute Gasteiger partial charge is 0.343 e. The summed E-state index contributed by atoms with van der Waals surface area (Å²) in [6.07, 6.45) is 3.73. The van der Waals surface area contributed by atoms with Crippen LogP contribution in [0.1, 0.15) is 37.7 Å². The van der Waals surface area contributed by atoms with Crippen LogP contribution in [0.15, 0.2) is 6.07 Å². The summed E-state index contributed by atoms with van der Waals surface area (Å²) in [5.74, 6) is 1.79. The van der Waals surface area contributed by atoms with Crippen LogP contribution in [0.4, 0.5) is 5.82 Å². The summed E-state index contributed by atoms with van der Waals surface area (Å²) in [4.78, 5) is 25.5. The van der Waals surface area contributed by atoms with Crippen LogP contribution in [0, 0.1) is 6.92 Å². The number of hydrogen-bond donors (Lipinski definition) is 1. The van der Waals surface area contributed by atoms with Gasteiger partial charge in [0, 0.05) is 38.3 Å². The Morgan fingerprint density at radius 3 is 2.82 bits per heavy atom. The molecule has 6 heteroatoms. The number of nitrogens with zero attached hydrogens (tertiary/aromatic N) is 4. The van der Waals surface area contributed by atoms with Gasteiger partial charge in [0.15, 0.2) is 0 Å². The van der Waals surface area contributed by atoms with Crippen LogP contribution in [-0.2, 0) is 11.2 Å². The summed E-state index contributed by atoms with van der Waals surface area (Å²) in [5.41, 5.74) is 6.59. The lowest BCUT2D eigenvalue weighted by Gasteiger charge is -2.40. The molecule has 1 aliphatic heterocycles. The highest BCUT2D eigenvalue weighted by molar-refractivity contribution is 5.86. The number of nitrogens with two attached hydrogens (primary N) is 1. The van der Waals surface area contributed by atoms with E-state index in [1.165, 1.54) is 0 Å². The van der Waals surface area contributed by atoms with Crippen molar-refractivity contribution in [1.82, 2.24) is 14.9 Å². The first-order valence-electron chi connectivity index (χ1n) is 8.13. The molecule has 2 rings (SSSR count). The van der Waals surface area contributed by atoms with Gasteiger partial charge in [-0.25, -0.2) is 9.97 Å². The normalized spacial score (nSPS) is 18.9. The van der Waals surface area contributed by atoms with Gasteiger partial charge in [-0.2, -0.15) is 0 Å². The van der Waals surface area contributed by atoms with Crippen molar-refractivity contribution in [3.63, 3.8) is 0 Å². The first-order valence-corrected chi connectivity index (χ1v) is 8.13. The molecule has 2 heterocycles. The fraction of sp³-hybridized carbons (Fsp3) is 0.688. The Morgan fingerprint density at radius 1 is 1.36 bits per heavy atom. The van der Waals surface area contributed by atoms with E-state index in [1.807, 2.05) is 24.9 Å². The van der Waals surface area contributed by atoms with Gasteiger partial charge in [-0.15, -0.1) is 0 Å². The molecular formula is C16H27N5O. The van der Waals surface area contributed by atoms with Crippen LogP contribution in [0.5, 0.6) is 0 Å². The lowest BCUT2D eigenvalue weighted by Crippen LogP contribution is -2.56. The van der Waals surface area contributed by atoms with Crippen molar-refractivity contribution < 1.29 is 4.79 Å². The van der Waals surface area contributed by atoms with Crippen LogP contribution < -0.4 is 10.6 Å². The molecule has 0 aliphatic carbocycles. The third-order valence-electron chi connectivity index (χ3n) is 4.12. The lowest BCUT2D eigenvalue weighted by molar-refractivity contribution is -0.133. The SMILES string of the molecule is CCCC[C@@H]1C(=O)N(C)CCN1c1cc(CCN)nc(C)n1. The zero-order valence-corrected chi connectivity index (χ0v) is 13.9. The number of likely N-dealkylation sites (N-methyl/N-ethyl adjacent to an activating group) is 1. The van der Waals surface area contributed by atoms with Gasteiger partial charge in [0.05, 0.1) is 0 Å². The lowest BCUT2D eigenvalue weighted by atomic mass is 10.0. The third kappa shape index (κ3) is 3.74. The number of piperazine rings is 1. The molecule has 0 unspecified atom stereocenters. The summed E-state index contributed by atoms with van der Waals surface area (Å²) < 4.78 is 0. The minimum atomic E-state index is -0.112. The predicted octanol–water partition coefficient (Wildman–Crippen LogP) is 1.12. The number of aromatic nitrogens is 2. The number of carbonyl (C=O) groups excluding carboxylic acids is 1. The van der Waals surface area contributed by atoms with E-state index in [1.54, 1.807) is 0 Å². The number of hydrogen-bond acceptors (Lipinski definition) is 5. The van der Waals surface area contributed by atoms with Crippen LogP contribution in [0.25, 0.3) is 0 Å². The zero-order valence-electron chi connectivity index (χ0n) is 13.9. The number of anilines is 1. The second-order valence-corrected chi connectivity index (χ2v) is 5.91. The Morgan fingerprint density at radius 2 is 2.14 bits per heavy atom. The van der Waals surface area contributed by atoms with Gasteiger partial charge in [0.25, 0.3) is 0 Å². The summed E-state index contributed by atoms with van der Waals surface area (Å²) in [6.45, 7) is 6.15. The van der Waals surface area contributed by atoms with E-state index in [-0.39, 0.29) is 11.9 Å². The predicted molar refractivity (Wildman–Crippen MR) is 87.8 cm³/mol. The van der Waals surface area contributed by atoms with E-state index in [2.05, 4.69) is 21.8 Å². The fourth-order valence-electron chi connectivity index (χ4n) is 2.90. The highest BCUT2D eigenvalue weighted by Crippen LogP contribution is 2.23. The second kappa shape index (κ2) is 7.54. The summed E-state index contributed by atoms with van der Waals surface area (Å²) >= 11 is 0. The van der Waals surface area contributed by atoms with Gasteiger partial charge in [-0.3, -0.25) is 4.79 Å². The van der Waals surface area contributed by atoms with E-state index in [9.17, 15) is 4.79 Å². The van der Waals surface area contributed by atoms with Gasteiger partial charge in [-0.05, 0) is 19.9 Å². The Kier molecular flexibility index (Phi) is 5.71. The first kappa shape index (κ1) is 16.7. The van der Waals surface area contributed by atoms with Crippen molar-refractivity contribution in [2.75, 3.05) is 31.6 Å². The van der Waals surface area contributed by atoms with Gasteiger partial charge in [-0.1, -0.05) is 19.8 Å². The molecule has 2 N–H and O–H groups in total. The minimum absolute atomic E-state index is 0.112. The number of aryl methyl sites for hydroxylation is 1. The number of rotatable bonds is 6. The molecule has 1 amide bonds. The number of unbranched alkanes of at least 4 members (excludes halogenated alkanes) is 1. The van der Waals surface area contributed by atoms with E-state index in [4.69, 9.17) is 5.73 Å². The highest BCUT2D eigenvalue weighted by atomic mass is 16.2. The van der Waals surface area contributed by atoms with Crippen LogP contribution in [0.3, 0.4) is 0 Å². The van der Waals surface area contributed by atoms with E-state index < -0.39 is 0 Å². The fourth-order valence-corrected chi connectivity index (χ4v) is 2.90. The Hall–Kier alpha value is -1.69. The molecule has 1 fully saturated rings. The van der Waals surface area contributed by atoms with Crippen LogP contribution in [0.2, 0.25) is 0 Å². The summed E-state index contributed by atoms with van der Waals surface area (Å²) in [5, 5.41) is 0. The van der Waals surface area contributed by atoms with Crippen LogP contribution in [-0.4, -0.2) is 53.5 Å². The molecule has 0 saturated carbocycles. The van der Waals surface area contributed by atoms with Crippen molar-refractivity contribution >= 4 is 11.7 Å². The maximum absolute atomic E-state index is 12.5. The molecular weight excluding hydrogens is 278 g/mol. The molecule has 6 nitrogen and oxygen atoms in total. The molecule has 1 aromatic rings. The molecule has 0 spiro atoms. The van der Waals surface area contributed by atoms with Gasteiger partial charge < -0.3 is 15.5 Å². The molecule has 1 saturated heterocycles. The van der Waals surface area contributed by atoms with E-state index in [0.29, 0.717) is 6.54 Å². The Bertz CT molecular complexity index is 519. The molecule has 22 heavy (non-hydrogen) atoms. The summed E-state index contributed by atoms with van der Waals surface area (Å²) in [6, 6.07) is 1.87. The average Bonchev–Trinajstić information content (AvgIpc) is 2.48. The van der Waals surface area contributed by atoms with Crippen molar-refractivity contribution in [3.05, 3.63) is 17.6 Å². The monoisotopic (exact) mass is 305 g/mol. The van der Waals surface area contributed by atoms with Crippen molar-refractivity contribution in [2.24, 2.45) is 5.73 Å². The Labute approximate surface area is 132 Å². The molecule has 1 aliphatic rings. The standard InChI is InChI=1S/C16H27N5O/c1-4-5-6-14-16(22)20(3)9-10-21(14)15-11-13(7-8-17)18-12(2)19-15/h11,14H,4-10,17H2,1-3H3/t14-/m1/s1. The second-order valence-electron chi connectivity index (χ2n) is 5.91. The highest BCUT2D eigenvalue weighted by Gasteiger charge is 2.33.